The van der Waals surface area contributed by atoms with Crippen LogP contribution in [0.15, 0.2) is 77.0 Å². The highest BCUT2D eigenvalue weighted by Gasteiger charge is 1.95. The van der Waals surface area contributed by atoms with E-state index in [-0.39, 0.29) is 0 Å². The number of hydrogen-bond acceptors (Lipinski definition) is 3. The van der Waals surface area contributed by atoms with Gasteiger partial charge in [0.1, 0.15) is 0 Å². The Morgan fingerprint density at radius 1 is 0.667 bits per heavy atom. The van der Waals surface area contributed by atoms with Gasteiger partial charge in [0, 0.05) is 5.39 Å². The fourth-order valence-corrected chi connectivity index (χ4v) is 1.71. The predicted molar refractivity (Wildman–Crippen MR) is 72.4 cm³/mol. The van der Waals surface area contributed by atoms with Crippen LogP contribution in [0, 0.1) is 0 Å². The summed E-state index contributed by atoms with van der Waals surface area (Å²) < 4.78 is 0. The van der Waals surface area contributed by atoms with E-state index in [1.807, 2.05) is 66.7 Å². The Balaban J connectivity index is 1.93. The number of hydrogen-bond donors (Lipinski definition) is 0. The average molecular weight is 233 g/mol. The van der Waals surface area contributed by atoms with Crippen molar-refractivity contribution in [3.8, 4) is 0 Å². The van der Waals surface area contributed by atoms with Crippen molar-refractivity contribution >= 4 is 22.4 Å². The molecule has 18 heavy (non-hydrogen) atoms. The van der Waals surface area contributed by atoms with Gasteiger partial charge in [0.2, 0.25) is 0 Å². The summed E-state index contributed by atoms with van der Waals surface area (Å²) in [5.41, 5.74) is 1.76. The van der Waals surface area contributed by atoms with E-state index in [0.29, 0.717) is 5.82 Å². The summed E-state index contributed by atoms with van der Waals surface area (Å²) in [6.07, 6.45) is 0. The van der Waals surface area contributed by atoms with Gasteiger partial charge in [-0.15, -0.1) is 10.2 Å². The normalized spacial score (nSPS) is 11.1. The maximum absolute atomic E-state index is 4.43. The zero-order chi connectivity index (χ0) is 12.2. The van der Waals surface area contributed by atoms with Crippen molar-refractivity contribution in [2.24, 2.45) is 10.2 Å². The minimum absolute atomic E-state index is 0.623. The van der Waals surface area contributed by atoms with Crippen LogP contribution >= 0.6 is 0 Å². The van der Waals surface area contributed by atoms with E-state index in [2.05, 4.69) is 15.2 Å². The molecule has 0 bridgehead atoms. The molecule has 0 saturated carbocycles. The first-order valence-electron chi connectivity index (χ1n) is 5.74. The van der Waals surface area contributed by atoms with Crippen LogP contribution in [0.25, 0.3) is 10.9 Å². The smallest absolute Gasteiger partial charge is 0.174 e. The van der Waals surface area contributed by atoms with Gasteiger partial charge >= 0.3 is 0 Å². The molecular weight excluding hydrogens is 222 g/mol. The van der Waals surface area contributed by atoms with Gasteiger partial charge in [0.05, 0.1) is 11.2 Å². The molecule has 0 unspecified atom stereocenters. The highest BCUT2D eigenvalue weighted by molar-refractivity contribution is 5.79. The Bertz CT molecular complexity index is 690. The van der Waals surface area contributed by atoms with Crippen LogP contribution in [0.2, 0.25) is 0 Å². The Labute approximate surface area is 105 Å². The zero-order valence-corrected chi connectivity index (χ0v) is 9.69. The predicted octanol–water partition coefficient (Wildman–Crippen LogP) is 4.65. The molecule has 1 heterocycles. The first kappa shape index (κ1) is 10.6. The van der Waals surface area contributed by atoms with Crippen molar-refractivity contribution in [1.29, 1.82) is 0 Å². The molecule has 0 aliphatic carbocycles. The van der Waals surface area contributed by atoms with Gasteiger partial charge in [-0.05, 0) is 30.3 Å². The number of fused-ring (bicyclic) bond motifs is 1. The lowest BCUT2D eigenvalue weighted by molar-refractivity contribution is 1.18. The van der Waals surface area contributed by atoms with E-state index < -0.39 is 0 Å². The van der Waals surface area contributed by atoms with Crippen molar-refractivity contribution in [1.82, 2.24) is 4.98 Å². The summed E-state index contributed by atoms with van der Waals surface area (Å²) in [5.74, 6) is 0.623. The topological polar surface area (TPSA) is 37.6 Å². The Hall–Kier alpha value is -2.55. The monoisotopic (exact) mass is 233 g/mol. The van der Waals surface area contributed by atoms with Crippen molar-refractivity contribution in [2.75, 3.05) is 0 Å². The van der Waals surface area contributed by atoms with Gasteiger partial charge in [-0.2, -0.15) is 0 Å². The average Bonchev–Trinajstić information content (AvgIpc) is 2.46. The molecule has 86 valence electrons. The van der Waals surface area contributed by atoms with Crippen LogP contribution in [-0.2, 0) is 0 Å². The molecule has 0 aliphatic rings. The van der Waals surface area contributed by atoms with E-state index >= 15 is 0 Å². The molecular formula is C15H11N3. The van der Waals surface area contributed by atoms with Gasteiger partial charge in [0.15, 0.2) is 5.82 Å². The summed E-state index contributed by atoms with van der Waals surface area (Å²) in [6, 6.07) is 21.5. The van der Waals surface area contributed by atoms with Crippen LogP contribution in [0.4, 0.5) is 11.5 Å². The molecule has 0 radical (unpaired) electrons. The molecule has 3 nitrogen and oxygen atoms in total. The molecule has 3 rings (SSSR count). The van der Waals surface area contributed by atoms with Crippen molar-refractivity contribution in [3.05, 3.63) is 66.7 Å². The summed E-state index contributed by atoms with van der Waals surface area (Å²) in [7, 11) is 0. The molecule has 3 aromatic rings. The van der Waals surface area contributed by atoms with E-state index in [4.69, 9.17) is 0 Å². The zero-order valence-electron chi connectivity index (χ0n) is 9.69. The number of azo groups is 1. The highest BCUT2D eigenvalue weighted by Crippen LogP contribution is 2.19. The van der Waals surface area contributed by atoms with Crippen LogP contribution in [-0.4, -0.2) is 4.98 Å². The second-order valence-electron chi connectivity index (χ2n) is 3.90. The Morgan fingerprint density at radius 2 is 1.44 bits per heavy atom. The summed E-state index contributed by atoms with van der Waals surface area (Å²) >= 11 is 0. The molecule has 0 aliphatic heterocycles. The lowest BCUT2D eigenvalue weighted by atomic mass is 10.2. The quantitative estimate of drug-likeness (QED) is 0.593. The number of rotatable bonds is 2. The maximum Gasteiger partial charge on any atom is 0.174 e. The van der Waals surface area contributed by atoms with Gasteiger partial charge in [-0.1, -0.05) is 36.4 Å². The van der Waals surface area contributed by atoms with Gasteiger partial charge < -0.3 is 0 Å². The molecule has 0 fully saturated rings. The molecule has 1 aromatic heterocycles. The SMILES string of the molecule is c1ccc(/N=N/c2ccc3ccccc3n2)cc1. The molecule has 0 N–H and O–H groups in total. The first-order valence-corrected chi connectivity index (χ1v) is 5.74. The number of nitrogens with zero attached hydrogens (tertiary/aromatic N) is 3. The third kappa shape index (κ3) is 2.25. The Morgan fingerprint density at radius 3 is 2.33 bits per heavy atom. The van der Waals surface area contributed by atoms with Crippen LogP contribution in [0.5, 0.6) is 0 Å². The third-order valence-electron chi connectivity index (χ3n) is 2.61. The highest BCUT2D eigenvalue weighted by atomic mass is 15.1. The van der Waals surface area contributed by atoms with E-state index in [1.165, 1.54) is 0 Å². The molecule has 0 atom stereocenters. The van der Waals surface area contributed by atoms with Crippen molar-refractivity contribution < 1.29 is 0 Å². The summed E-state index contributed by atoms with van der Waals surface area (Å²) in [4.78, 5) is 4.43. The standard InChI is InChI=1S/C15H11N3/c1-2-7-13(8-3-1)17-18-15-11-10-12-6-4-5-9-14(12)16-15/h1-11H/b18-17+. The minimum atomic E-state index is 0.623. The lowest BCUT2D eigenvalue weighted by Crippen LogP contribution is -1.77. The molecule has 0 spiro atoms. The molecule has 2 aromatic carbocycles. The van der Waals surface area contributed by atoms with Crippen molar-refractivity contribution in [3.63, 3.8) is 0 Å². The second kappa shape index (κ2) is 4.75. The fourth-order valence-electron chi connectivity index (χ4n) is 1.71. The number of aromatic nitrogens is 1. The number of pyridine rings is 1. The Kier molecular flexibility index (Phi) is 2.80. The largest absolute Gasteiger partial charge is 0.227 e. The molecule has 0 amide bonds. The molecule has 0 saturated heterocycles. The first-order chi connectivity index (χ1) is 8.92. The summed E-state index contributed by atoms with van der Waals surface area (Å²) in [6.45, 7) is 0. The summed E-state index contributed by atoms with van der Waals surface area (Å²) in [5, 5.41) is 9.39. The third-order valence-corrected chi connectivity index (χ3v) is 2.61. The fraction of sp³-hybridized carbons (Fsp3) is 0. The lowest BCUT2D eigenvalue weighted by Gasteiger charge is -1.97. The van der Waals surface area contributed by atoms with E-state index in [0.717, 1.165) is 16.6 Å². The van der Waals surface area contributed by atoms with Crippen LogP contribution in [0.1, 0.15) is 0 Å². The maximum atomic E-state index is 4.43. The van der Waals surface area contributed by atoms with Crippen LogP contribution in [0.3, 0.4) is 0 Å². The van der Waals surface area contributed by atoms with E-state index in [9.17, 15) is 0 Å². The van der Waals surface area contributed by atoms with Crippen molar-refractivity contribution in [2.45, 2.75) is 0 Å². The molecule has 3 heteroatoms. The van der Waals surface area contributed by atoms with Gasteiger partial charge in [0.25, 0.3) is 0 Å². The van der Waals surface area contributed by atoms with Crippen LogP contribution < -0.4 is 0 Å². The second-order valence-corrected chi connectivity index (χ2v) is 3.90. The van der Waals surface area contributed by atoms with E-state index in [1.54, 1.807) is 0 Å². The number of para-hydroxylation sites is 1. The van der Waals surface area contributed by atoms with Gasteiger partial charge in [-0.3, -0.25) is 0 Å². The van der Waals surface area contributed by atoms with Gasteiger partial charge in [-0.25, -0.2) is 4.98 Å². The number of benzene rings is 2. The minimum Gasteiger partial charge on any atom is -0.227 e.